The molecule has 0 spiro atoms. The smallest absolute Gasteiger partial charge is 0.274 e. The number of rotatable bonds is 5. The predicted octanol–water partition coefficient (Wildman–Crippen LogP) is 4.53. The first-order valence-corrected chi connectivity index (χ1v) is 14.8. The number of nitrogens with zero attached hydrogens (tertiary/aromatic N) is 4. The van der Waals surface area contributed by atoms with Crippen LogP contribution in [0.5, 0.6) is 0 Å². The number of carbonyl (C=O) groups excluding carboxylic acids is 1. The topological polar surface area (TPSA) is 91.1 Å². The molecule has 4 heterocycles. The maximum Gasteiger partial charge on any atom is 0.274 e. The fraction of sp³-hybridized carbons (Fsp3) is 0.429. The third kappa shape index (κ3) is 4.82. The SMILES string of the molecule is O=C(c1nn(C2CCCN(CCc3ccccc3)C2)c2c1CS(O)(O)c1ccccc1-2)N1CCOCC1. The third-order valence-electron chi connectivity index (χ3n) is 7.74. The Labute approximate surface area is 219 Å². The third-order valence-corrected chi connectivity index (χ3v) is 9.49. The van der Waals surface area contributed by atoms with Crippen LogP contribution in [0, 0.1) is 0 Å². The van der Waals surface area contributed by atoms with Gasteiger partial charge in [-0.15, -0.1) is 0 Å². The Bertz CT molecular complexity index is 1270. The van der Waals surface area contributed by atoms with Crippen molar-refractivity contribution in [2.45, 2.75) is 36.0 Å². The molecule has 6 rings (SSSR count). The summed E-state index contributed by atoms with van der Waals surface area (Å²) in [7, 11) is -3.07. The van der Waals surface area contributed by atoms with Crippen molar-refractivity contribution in [1.82, 2.24) is 19.6 Å². The van der Waals surface area contributed by atoms with Crippen molar-refractivity contribution in [3.05, 3.63) is 71.4 Å². The number of hydrogen-bond donors (Lipinski definition) is 2. The Balaban J connectivity index is 1.35. The van der Waals surface area contributed by atoms with Crippen LogP contribution in [0.3, 0.4) is 0 Å². The highest BCUT2D eigenvalue weighted by Gasteiger charge is 2.39. The minimum absolute atomic E-state index is 0.0230. The van der Waals surface area contributed by atoms with Crippen LogP contribution in [-0.2, 0) is 16.9 Å². The van der Waals surface area contributed by atoms with Gasteiger partial charge in [-0.05, 0) is 37.4 Å². The number of aromatic nitrogens is 2. The van der Waals surface area contributed by atoms with Gasteiger partial charge in [0.05, 0.1) is 35.6 Å². The Morgan fingerprint density at radius 2 is 1.78 bits per heavy atom. The standard InChI is InChI=1S/C28H34N4O4S/c33-28(31-15-17-36-18-16-31)26-24-20-37(34,35)25-11-5-4-10-23(25)27(24)32(29-26)22-9-6-13-30(19-22)14-12-21-7-2-1-3-8-21/h1-5,7-8,10-11,22,34-35H,6,9,12-20H2. The highest BCUT2D eigenvalue weighted by Crippen LogP contribution is 2.60. The van der Waals surface area contributed by atoms with Crippen molar-refractivity contribution in [2.24, 2.45) is 0 Å². The summed E-state index contributed by atoms with van der Waals surface area (Å²) in [5.41, 5.74) is 4.00. The quantitative estimate of drug-likeness (QED) is 0.512. The molecule has 2 saturated heterocycles. The number of piperidine rings is 1. The van der Waals surface area contributed by atoms with Gasteiger partial charge in [-0.3, -0.25) is 18.6 Å². The van der Waals surface area contributed by atoms with Gasteiger partial charge in [-0.2, -0.15) is 15.7 Å². The molecule has 3 aliphatic rings. The molecule has 0 aliphatic carbocycles. The van der Waals surface area contributed by atoms with Gasteiger partial charge in [-0.1, -0.05) is 48.5 Å². The van der Waals surface area contributed by atoms with Gasteiger partial charge in [0.25, 0.3) is 5.91 Å². The zero-order valence-electron chi connectivity index (χ0n) is 21.0. The lowest BCUT2D eigenvalue weighted by atomic mass is 10.0. The van der Waals surface area contributed by atoms with Crippen LogP contribution in [-0.4, -0.2) is 80.5 Å². The van der Waals surface area contributed by atoms with Crippen LogP contribution < -0.4 is 0 Å². The fourth-order valence-corrected chi connectivity index (χ4v) is 7.48. The van der Waals surface area contributed by atoms with Crippen molar-refractivity contribution in [2.75, 3.05) is 45.9 Å². The van der Waals surface area contributed by atoms with E-state index in [0.717, 1.165) is 50.2 Å². The minimum atomic E-state index is -3.07. The first kappa shape index (κ1) is 24.6. The van der Waals surface area contributed by atoms with E-state index in [1.54, 1.807) is 11.0 Å². The molecule has 1 amide bonds. The summed E-state index contributed by atoms with van der Waals surface area (Å²) < 4.78 is 29.6. The second-order valence-corrected chi connectivity index (χ2v) is 12.2. The van der Waals surface area contributed by atoms with Crippen molar-refractivity contribution in [3.63, 3.8) is 0 Å². The maximum atomic E-state index is 13.6. The molecule has 2 fully saturated rings. The molecule has 1 atom stereocenters. The van der Waals surface area contributed by atoms with Crippen LogP contribution in [0.4, 0.5) is 0 Å². The number of amides is 1. The number of morpholine rings is 1. The molecule has 1 unspecified atom stereocenters. The zero-order chi connectivity index (χ0) is 25.4. The molecule has 0 bridgehead atoms. The molecule has 3 aromatic rings. The molecular formula is C28H34N4O4S. The average Bonchev–Trinajstić information content (AvgIpc) is 3.31. The predicted molar refractivity (Wildman–Crippen MR) is 144 cm³/mol. The van der Waals surface area contributed by atoms with Crippen LogP contribution in [0.1, 0.15) is 40.5 Å². The van der Waals surface area contributed by atoms with E-state index in [0.29, 0.717) is 42.5 Å². The van der Waals surface area contributed by atoms with E-state index in [4.69, 9.17) is 9.84 Å². The maximum absolute atomic E-state index is 13.6. The normalized spacial score (nSPS) is 22.2. The summed E-state index contributed by atoms with van der Waals surface area (Å²) in [5, 5.41) is 4.96. The molecule has 0 saturated carbocycles. The van der Waals surface area contributed by atoms with Crippen molar-refractivity contribution in [1.29, 1.82) is 0 Å². The molecule has 8 nitrogen and oxygen atoms in total. The molecule has 196 valence electrons. The number of hydrogen-bond acceptors (Lipinski definition) is 6. The van der Waals surface area contributed by atoms with E-state index >= 15 is 0 Å². The van der Waals surface area contributed by atoms with Gasteiger partial charge in [0.1, 0.15) is 0 Å². The second-order valence-electron chi connectivity index (χ2n) is 10.2. The largest absolute Gasteiger partial charge is 0.378 e. The van der Waals surface area contributed by atoms with Gasteiger partial charge in [-0.25, -0.2) is 0 Å². The summed E-state index contributed by atoms with van der Waals surface area (Å²) in [6.45, 7) is 4.92. The molecule has 2 aromatic carbocycles. The Morgan fingerprint density at radius 3 is 2.59 bits per heavy atom. The minimum Gasteiger partial charge on any atom is -0.378 e. The van der Waals surface area contributed by atoms with Gasteiger partial charge in [0.2, 0.25) is 0 Å². The fourth-order valence-electron chi connectivity index (χ4n) is 5.84. The molecule has 37 heavy (non-hydrogen) atoms. The first-order chi connectivity index (χ1) is 18.0. The molecule has 2 N–H and O–H groups in total. The molecule has 3 aliphatic heterocycles. The van der Waals surface area contributed by atoms with E-state index in [2.05, 4.69) is 29.2 Å². The van der Waals surface area contributed by atoms with Crippen LogP contribution in [0.15, 0.2) is 59.5 Å². The lowest BCUT2D eigenvalue weighted by Gasteiger charge is -2.39. The Hall–Kier alpha value is -2.69. The Morgan fingerprint density at radius 1 is 1.03 bits per heavy atom. The lowest BCUT2D eigenvalue weighted by Crippen LogP contribution is -2.41. The summed E-state index contributed by atoms with van der Waals surface area (Å²) in [5.74, 6) is -0.125. The summed E-state index contributed by atoms with van der Waals surface area (Å²) in [4.78, 5) is 18.5. The summed E-state index contributed by atoms with van der Waals surface area (Å²) in [6, 6.07) is 18.1. The summed E-state index contributed by atoms with van der Waals surface area (Å²) in [6.07, 6.45) is 3.02. The van der Waals surface area contributed by atoms with Crippen LogP contribution in [0.25, 0.3) is 11.3 Å². The number of fused-ring (bicyclic) bond motifs is 3. The molecule has 1 aromatic heterocycles. The number of ether oxygens (including phenoxy) is 1. The Kier molecular flexibility index (Phi) is 6.81. The van der Waals surface area contributed by atoms with Gasteiger partial charge >= 0.3 is 0 Å². The first-order valence-electron chi connectivity index (χ1n) is 13.1. The highest BCUT2D eigenvalue weighted by atomic mass is 32.3. The van der Waals surface area contributed by atoms with E-state index < -0.39 is 10.6 Å². The number of carbonyl (C=O) groups is 1. The zero-order valence-corrected chi connectivity index (χ0v) is 21.8. The van der Waals surface area contributed by atoms with E-state index in [9.17, 15) is 13.9 Å². The van der Waals surface area contributed by atoms with Crippen molar-refractivity contribution in [3.8, 4) is 11.3 Å². The van der Waals surface area contributed by atoms with Crippen molar-refractivity contribution >= 4 is 16.5 Å². The van der Waals surface area contributed by atoms with Crippen LogP contribution >= 0.6 is 10.6 Å². The molecule has 9 heteroatoms. The van der Waals surface area contributed by atoms with Gasteiger partial charge < -0.3 is 14.5 Å². The van der Waals surface area contributed by atoms with E-state index in [-0.39, 0.29) is 17.7 Å². The average molecular weight is 523 g/mol. The van der Waals surface area contributed by atoms with E-state index in [1.807, 2.05) is 28.9 Å². The van der Waals surface area contributed by atoms with Gasteiger partial charge in [0, 0.05) is 37.3 Å². The second kappa shape index (κ2) is 10.2. The monoisotopic (exact) mass is 522 g/mol. The number of likely N-dealkylation sites (tertiary alicyclic amines) is 1. The van der Waals surface area contributed by atoms with E-state index in [1.165, 1.54) is 5.56 Å². The summed E-state index contributed by atoms with van der Waals surface area (Å²) >= 11 is 0. The lowest BCUT2D eigenvalue weighted by molar-refractivity contribution is 0.0297. The number of benzene rings is 2. The van der Waals surface area contributed by atoms with Crippen molar-refractivity contribution < 1.29 is 18.6 Å². The van der Waals surface area contributed by atoms with Crippen LogP contribution in [0.2, 0.25) is 0 Å². The molecular weight excluding hydrogens is 488 g/mol. The van der Waals surface area contributed by atoms with Gasteiger partial charge in [0.15, 0.2) is 5.69 Å². The molecule has 0 radical (unpaired) electrons. The highest BCUT2D eigenvalue weighted by molar-refractivity contribution is 8.23.